The van der Waals surface area contributed by atoms with Crippen molar-refractivity contribution >= 4 is 5.78 Å². The predicted molar refractivity (Wildman–Crippen MR) is 82.8 cm³/mol. The van der Waals surface area contributed by atoms with Crippen LogP contribution in [0.2, 0.25) is 0 Å². The molecule has 0 radical (unpaired) electrons. The molecule has 0 aliphatic carbocycles. The summed E-state index contributed by atoms with van der Waals surface area (Å²) in [7, 11) is 0. The van der Waals surface area contributed by atoms with E-state index in [2.05, 4.69) is 0 Å². The Morgan fingerprint density at radius 2 is 1.74 bits per heavy atom. The molecule has 0 N–H and O–H groups in total. The fourth-order valence-corrected chi connectivity index (χ4v) is 1.99. The molecule has 2 aromatic carbocycles. The number of carbonyl (C=O) groups is 1. The third-order valence-corrected chi connectivity index (χ3v) is 3.27. The van der Waals surface area contributed by atoms with Crippen molar-refractivity contribution in [1.82, 2.24) is 0 Å². The maximum absolute atomic E-state index is 13.7. The highest BCUT2D eigenvalue weighted by Crippen LogP contribution is 2.18. The van der Waals surface area contributed by atoms with Gasteiger partial charge in [-0.25, -0.2) is 8.78 Å². The molecular weight excluding hydrogens is 302 g/mol. The number of hydrogen-bond acceptors (Lipinski definition) is 3. The SMILES string of the molecule is CC(=O)c1ccc(OCCOCCc2ccc(F)cc2)c(F)c1. The molecular formula is C18H18F2O3. The van der Waals surface area contributed by atoms with Gasteiger partial charge in [-0.1, -0.05) is 12.1 Å². The molecule has 122 valence electrons. The van der Waals surface area contributed by atoms with Crippen molar-refractivity contribution in [2.45, 2.75) is 13.3 Å². The number of halogens is 2. The van der Waals surface area contributed by atoms with Crippen LogP contribution in [0.1, 0.15) is 22.8 Å². The quantitative estimate of drug-likeness (QED) is 0.548. The van der Waals surface area contributed by atoms with E-state index in [4.69, 9.17) is 9.47 Å². The van der Waals surface area contributed by atoms with Crippen molar-refractivity contribution in [2.75, 3.05) is 19.8 Å². The Morgan fingerprint density at radius 1 is 1.00 bits per heavy atom. The van der Waals surface area contributed by atoms with Crippen molar-refractivity contribution < 1.29 is 23.0 Å². The van der Waals surface area contributed by atoms with Gasteiger partial charge in [0.25, 0.3) is 0 Å². The topological polar surface area (TPSA) is 35.5 Å². The Bertz CT molecular complexity index is 654. The lowest BCUT2D eigenvalue weighted by Gasteiger charge is -2.09. The summed E-state index contributed by atoms with van der Waals surface area (Å²) in [5.41, 5.74) is 1.29. The second-order valence-electron chi connectivity index (χ2n) is 5.04. The maximum Gasteiger partial charge on any atom is 0.165 e. The second-order valence-corrected chi connectivity index (χ2v) is 5.04. The zero-order valence-electron chi connectivity index (χ0n) is 12.9. The lowest BCUT2D eigenvalue weighted by atomic mass is 10.1. The summed E-state index contributed by atoms with van der Waals surface area (Å²) in [6, 6.07) is 10.4. The number of benzene rings is 2. The number of ketones is 1. The van der Waals surface area contributed by atoms with E-state index in [1.54, 1.807) is 12.1 Å². The van der Waals surface area contributed by atoms with E-state index in [0.29, 0.717) is 25.2 Å². The van der Waals surface area contributed by atoms with Crippen LogP contribution in [-0.4, -0.2) is 25.6 Å². The smallest absolute Gasteiger partial charge is 0.165 e. The van der Waals surface area contributed by atoms with Crippen LogP contribution in [0.4, 0.5) is 8.78 Å². The summed E-state index contributed by atoms with van der Waals surface area (Å²) in [5.74, 6) is -0.929. The fraction of sp³-hybridized carbons (Fsp3) is 0.278. The Labute approximate surface area is 133 Å². The molecule has 2 aromatic rings. The molecule has 0 aliphatic heterocycles. The Morgan fingerprint density at radius 3 is 2.39 bits per heavy atom. The molecule has 0 saturated heterocycles. The number of carbonyl (C=O) groups excluding carboxylic acids is 1. The molecule has 0 amide bonds. The number of Topliss-reactive ketones (excluding diaryl/α,β-unsaturated/α-hetero) is 1. The van der Waals surface area contributed by atoms with E-state index < -0.39 is 5.82 Å². The van der Waals surface area contributed by atoms with Gasteiger partial charge in [0.05, 0.1) is 13.2 Å². The van der Waals surface area contributed by atoms with Crippen LogP contribution in [0.3, 0.4) is 0 Å². The fourth-order valence-electron chi connectivity index (χ4n) is 1.99. The van der Waals surface area contributed by atoms with Crippen LogP contribution in [0.15, 0.2) is 42.5 Å². The number of rotatable bonds is 8. The summed E-state index contributed by atoms with van der Waals surface area (Å²) in [6.07, 6.45) is 0.669. The van der Waals surface area contributed by atoms with E-state index >= 15 is 0 Å². The minimum absolute atomic E-state index is 0.0946. The molecule has 2 rings (SSSR count). The van der Waals surface area contributed by atoms with Crippen LogP contribution in [-0.2, 0) is 11.2 Å². The van der Waals surface area contributed by atoms with Gasteiger partial charge in [0, 0.05) is 5.56 Å². The standard InChI is InChI=1S/C18H18F2O3/c1-13(21)15-4-7-18(17(20)12-15)23-11-10-22-9-8-14-2-5-16(19)6-3-14/h2-7,12H,8-11H2,1H3. The summed E-state index contributed by atoms with van der Waals surface area (Å²) in [5, 5.41) is 0. The third-order valence-electron chi connectivity index (χ3n) is 3.27. The van der Waals surface area contributed by atoms with E-state index in [1.807, 2.05) is 0 Å². The molecule has 23 heavy (non-hydrogen) atoms. The van der Waals surface area contributed by atoms with Gasteiger partial charge in [-0.15, -0.1) is 0 Å². The molecule has 0 heterocycles. The zero-order valence-corrected chi connectivity index (χ0v) is 12.9. The second kappa shape index (κ2) is 8.39. The minimum Gasteiger partial charge on any atom is -0.488 e. The molecule has 0 aliphatic rings. The van der Waals surface area contributed by atoms with Gasteiger partial charge < -0.3 is 9.47 Å². The summed E-state index contributed by atoms with van der Waals surface area (Å²) < 4.78 is 37.1. The van der Waals surface area contributed by atoms with Gasteiger partial charge in [0.2, 0.25) is 0 Å². The van der Waals surface area contributed by atoms with Crippen LogP contribution >= 0.6 is 0 Å². The van der Waals surface area contributed by atoms with Crippen LogP contribution < -0.4 is 4.74 Å². The zero-order chi connectivity index (χ0) is 16.7. The highest BCUT2D eigenvalue weighted by atomic mass is 19.1. The first-order chi connectivity index (χ1) is 11.1. The average Bonchev–Trinajstić information content (AvgIpc) is 2.53. The van der Waals surface area contributed by atoms with Crippen molar-refractivity contribution in [3.05, 3.63) is 65.2 Å². The highest BCUT2D eigenvalue weighted by molar-refractivity contribution is 5.94. The Balaban J connectivity index is 1.67. The van der Waals surface area contributed by atoms with E-state index in [0.717, 1.165) is 11.6 Å². The normalized spacial score (nSPS) is 10.6. The van der Waals surface area contributed by atoms with Gasteiger partial charge >= 0.3 is 0 Å². The van der Waals surface area contributed by atoms with E-state index in [9.17, 15) is 13.6 Å². The van der Waals surface area contributed by atoms with Crippen molar-refractivity contribution in [3.8, 4) is 5.75 Å². The predicted octanol–water partition coefficient (Wildman–Crippen LogP) is 3.81. The van der Waals surface area contributed by atoms with Crippen LogP contribution in [0.5, 0.6) is 5.75 Å². The van der Waals surface area contributed by atoms with Gasteiger partial charge in [-0.05, 0) is 49.2 Å². The summed E-state index contributed by atoms with van der Waals surface area (Å²) in [4.78, 5) is 11.1. The molecule has 0 aromatic heterocycles. The first-order valence-corrected chi connectivity index (χ1v) is 7.32. The molecule has 5 heteroatoms. The molecule has 0 unspecified atom stereocenters. The first kappa shape index (κ1) is 17.1. The molecule has 0 bridgehead atoms. The largest absolute Gasteiger partial charge is 0.488 e. The van der Waals surface area contributed by atoms with Gasteiger partial charge in [0.15, 0.2) is 17.3 Å². The van der Waals surface area contributed by atoms with Crippen molar-refractivity contribution in [1.29, 1.82) is 0 Å². The minimum atomic E-state index is -0.566. The average molecular weight is 320 g/mol. The van der Waals surface area contributed by atoms with Crippen molar-refractivity contribution in [3.63, 3.8) is 0 Å². The molecule has 0 saturated carbocycles. The van der Waals surface area contributed by atoms with Crippen molar-refractivity contribution in [2.24, 2.45) is 0 Å². The molecule has 3 nitrogen and oxygen atoms in total. The third kappa shape index (κ3) is 5.45. The van der Waals surface area contributed by atoms with Crippen LogP contribution in [0, 0.1) is 11.6 Å². The maximum atomic E-state index is 13.7. The lowest BCUT2D eigenvalue weighted by Crippen LogP contribution is -2.09. The van der Waals surface area contributed by atoms with Crippen LogP contribution in [0.25, 0.3) is 0 Å². The Hall–Kier alpha value is -2.27. The Kier molecular flexibility index (Phi) is 6.23. The molecule has 0 fully saturated rings. The highest BCUT2D eigenvalue weighted by Gasteiger charge is 2.07. The number of ether oxygens (including phenoxy) is 2. The van der Waals surface area contributed by atoms with Gasteiger partial charge in [-0.2, -0.15) is 0 Å². The van der Waals surface area contributed by atoms with Gasteiger partial charge in [0.1, 0.15) is 12.4 Å². The summed E-state index contributed by atoms with van der Waals surface area (Å²) >= 11 is 0. The van der Waals surface area contributed by atoms with Gasteiger partial charge in [-0.3, -0.25) is 4.79 Å². The molecule has 0 spiro atoms. The van der Waals surface area contributed by atoms with E-state index in [1.165, 1.54) is 31.2 Å². The molecule has 0 atom stereocenters. The lowest BCUT2D eigenvalue weighted by molar-refractivity contribution is 0.100. The summed E-state index contributed by atoms with van der Waals surface area (Å²) in [6.45, 7) is 2.37. The first-order valence-electron chi connectivity index (χ1n) is 7.32. The van der Waals surface area contributed by atoms with E-state index in [-0.39, 0.29) is 24.0 Å². The monoisotopic (exact) mass is 320 g/mol. The number of hydrogen-bond donors (Lipinski definition) is 0.